The number of nitrogen functional groups attached to an aromatic ring is 1. The van der Waals surface area contributed by atoms with Crippen LogP contribution in [0, 0.1) is 11.3 Å². The van der Waals surface area contributed by atoms with E-state index in [1.807, 2.05) is 6.07 Å². The van der Waals surface area contributed by atoms with Crippen LogP contribution < -0.4 is 5.73 Å². The summed E-state index contributed by atoms with van der Waals surface area (Å²) in [5.74, 6) is 0.132. The summed E-state index contributed by atoms with van der Waals surface area (Å²) in [6, 6.07) is 6.89. The maximum atomic E-state index is 9.69. The topological polar surface area (TPSA) is 82.9 Å². The molecule has 0 spiro atoms. The minimum absolute atomic E-state index is 0.101. The first-order valence-electron chi connectivity index (χ1n) is 4.00. The zero-order valence-corrected chi connectivity index (χ0v) is 7.23. The van der Waals surface area contributed by atoms with Crippen LogP contribution in [0.5, 0.6) is 5.75 Å². The fraction of sp³-hybridized carbons (Fsp3) is 0. The number of nitrogens with zero attached hydrogens (tertiary/aromatic N) is 2. The quantitative estimate of drug-likeness (QED) is 0.649. The molecule has 2 rings (SSSR count). The number of fused-ring (bicyclic) bond motifs is 1. The number of hydrogen-bond acceptors (Lipinski definition) is 4. The highest BCUT2D eigenvalue weighted by Gasteiger charge is 2.08. The Balaban J connectivity index is 2.95. The van der Waals surface area contributed by atoms with Crippen LogP contribution in [0.3, 0.4) is 0 Å². The van der Waals surface area contributed by atoms with Crippen molar-refractivity contribution in [3.8, 4) is 11.8 Å². The van der Waals surface area contributed by atoms with Crippen molar-refractivity contribution in [3.63, 3.8) is 0 Å². The van der Waals surface area contributed by atoms with Gasteiger partial charge in [-0.25, -0.2) is 4.98 Å². The van der Waals surface area contributed by atoms with E-state index < -0.39 is 0 Å². The molecule has 0 saturated heterocycles. The molecule has 1 aromatic heterocycles. The molecule has 0 fully saturated rings. The Hall–Kier alpha value is -2.28. The van der Waals surface area contributed by atoms with Gasteiger partial charge in [-0.05, 0) is 17.5 Å². The summed E-state index contributed by atoms with van der Waals surface area (Å²) in [6.07, 6.45) is 1.56. The van der Waals surface area contributed by atoms with E-state index in [0.717, 1.165) is 5.39 Å². The van der Waals surface area contributed by atoms with Gasteiger partial charge >= 0.3 is 0 Å². The van der Waals surface area contributed by atoms with E-state index in [1.165, 1.54) is 0 Å². The average Bonchev–Trinajstić information content (AvgIpc) is 2.18. The van der Waals surface area contributed by atoms with Crippen LogP contribution in [-0.2, 0) is 0 Å². The summed E-state index contributed by atoms with van der Waals surface area (Å²) in [5.41, 5.74) is 5.81. The number of nitrogens with two attached hydrogens (primary N) is 1. The van der Waals surface area contributed by atoms with Gasteiger partial charge in [-0.2, -0.15) is 5.26 Å². The number of anilines is 1. The number of aromatic nitrogens is 1. The summed E-state index contributed by atoms with van der Waals surface area (Å²) in [7, 11) is 0. The van der Waals surface area contributed by atoms with Gasteiger partial charge in [0.15, 0.2) is 0 Å². The molecular weight excluding hydrogens is 178 g/mol. The Labute approximate surface area is 80.2 Å². The highest BCUT2D eigenvalue weighted by atomic mass is 16.3. The molecule has 0 saturated carbocycles. The first kappa shape index (κ1) is 8.32. The number of phenolic OH excluding ortho intramolecular Hbond substituents is 1. The van der Waals surface area contributed by atoms with Gasteiger partial charge in [0, 0.05) is 6.20 Å². The maximum absolute atomic E-state index is 9.69. The molecule has 2 aromatic rings. The molecule has 4 nitrogen and oxygen atoms in total. The number of nitriles is 1. The van der Waals surface area contributed by atoms with Gasteiger partial charge in [0.05, 0.1) is 10.9 Å². The third-order valence-electron chi connectivity index (χ3n) is 2.05. The van der Waals surface area contributed by atoms with Crippen LogP contribution in [0.1, 0.15) is 5.56 Å². The van der Waals surface area contributed by atoms with E-state index in [1.54, 1.807) is 24.4 Å². The van der Waals surface area contributed by atoms with Crippen LogP contribution in [-0.4, -0.2) is 10.1 Å². The van der Waals surface area contributed by atoms with Crippen molar-refractivity contribution in [2.45, 2.75) is 0 Å². The molecule has 4 heteroatoms. The largest absolute Gasteiger partial charge is 0.506 e. The highest BCUT2D eigenvalue weighted by Crippen LogP contribution is 2.31. The Kier molecular flexibility index (Phi) is 1.72. The predicted octanol–water partition coefficient (Wildman–Crippen LogP) is 1.39. The first-order chi connectivity index (χ1) is 6.74. The molecule has 0 radical (unpaired) electrons. The number of phenols is 1. The van der Waals surface area contributed by atoms with Crippen molar-refractivity contribution in [1.82, 2.24) is 4.98 Å². The van der Waals surface area contributed by atoms with Crippen LogP contribution in [0.25, 0.3) is 10.8 Å². The Bertz CT molecular complexity index is 543. The molecule has 68 valence electrons. The lowest BCUT2D eigenvalue weighted by Crippen LogP contribution is -1.92. The van der Waals surface area contributed by atoms with Crippen molar-refractivity contribution in [3.05, 3.63) is 30.0 Å². The van der Waals surface area contributed by atoms with Crippen molar-refractivity contribution in [2.24, 2.45) is 0 Å². The predicted molar refractivity (Wildman–Crippen MR) is 52.5 cm³/mol. The monoisotopic (exact) mass is 185 g/mol. The number of rotatable bonds is 0. The standard InChI is InChI=1S/C10H7N3O/c11-5-7-2-1-6-3-4-13-10(12)8(6)9(7)14/h1-4,14H,(H2,12,13). The molecule has 0 aliphatic heterocycles. The lowest BCUT2D eigenvalue weighted by atomic mass is 10.1. The minimum Gasteiger partial charge on any atom is -0.506 e. The van der Waals surface area contributed by atoms with Crippen molar-refractivity contribution in [2.75, 3.05) is 5.73 Å². The van der Waals surface area contributed by atoms with E-state index >= 15 is 0 Å². The van der Waals surface area contributed by atoms with Crippen molar-refractivity contribution >= 4 is 16.6 Å². The number of benzene rings is 1. The van der Waals surface area contributed by atoms with E-state index in [0.29, 0.717) is 5.39 Å². The molecule has 3 N–H and O–H groups in total. The van der Waals surface area contributed by atoms with E-state index in [2.05, 4.69) is 4.98 Å². The lowest BCUT2D eigenvalue weighted by Gasteiger charge is -2.04. The Morgan fingerprint density at radius 2 is 2.14 bits per heavy atom. The molecular formula is C10H7N3O. The Morgan fingerprint density at radius 1 is 1.36 bits per heavy atom. The zero-order valence-electron chi connectivity index (χ0n) is 7.23. The normalized spacial score (nSPS) is 9.93. The van der Waals surface area contributed by atoms with Crippen molar-refractivity contribution in [1.29, 1.82) is 5.26 Å². The summed E-state index contributed by atoms with van der Waals surface area (Å²) in [4.78, 5) is 3.85. The number of pyridine rings is 1. The first-order valence-corrected chi connectivity index (χ1v) is 4.00. The van der Waals surface area contributed by atoms with Gasteiger partial charge in [-0.15, -0.1) is 0 Å². The molecule has 0 aliphatic carbocycles. The summed E-state index contributed by atoms with van der Waals surface area (Å²) >= 11 is 0. The molecule has 1 aromatic carbocycles. The number of hydrogen-bond donors (Lipinski definition) is 2. The maximum Gasteiger partial charge on any atom is 0.144 e. The highest BCUT2D eigenvalue weighted by molar-refractivity contribution is 5.97. The van der Waals surface area contributed by atoms with E-state index in [4.69, 9.17) is 11.0 Å². The molecule has 0 bridgehead atoms. The smallest absolute Gasteiger partial charge is 0.144 e. The average molecular weight is 185 g/mol. The second-order valence-corrected chi connectivity index (χ2v) is 2.87. The molecule has 0 unspecified atom stereocenters. The second-order valence-electron chi connectivity index (χ2n) is 2.87. The molecule has 14 heavy (non-hydrogen) atoms. The third-order valence-corrected chi connectivity index (χ3v) is 2.05. The molecule has 1 heterocycles. The van der Waals surface area contributed by atoms with Crippen LogP contribution >= 0.6 is 0 Å². The zero-order chi connectivity index (χ0) is 10.1. The van der Waals surface area contributed by atoms with Gasteiger partial charge in [0.1, 0.15) is 17.6 Å². The van der Waals surface area contributed by atoms with Gasteiger partial charge in [0.2, 0.25) is 0 Å². The Morgan fingerprint density at radius 3 is 2.86 bits per heavy atom. The van der Waals surface area contributed by atoms with Crippen molar-refractivity contribution < 1.29 is 5.11 Å². The third kappa shape index (κ3) is 1.04. The minimum atomic E-state index is -0.101. The van der Waals surface area contributed by atoms with Gasteiger partial charge in [0.25, 0.3) is 0 Å². The van der Waals surface area contributed by atoms with E-state index in [9.17, 15) is 5.11 Å². The lowest BCUT2D eigenvalue weighted by molar-refractivity contribution is 0.480. The fourth-order valence-corrected chi connectivity index (χ4v) is 1.37. The molecule has 0 amide bonds. The van der Waals surface area contributed by atoms with Crippen LogP contribution in [0.15, 0.2) is 24.4 Å². The fourth-order valence-electron chi connectivity index (χ4n) is 1.37. The number of aromatic hydroxyl groups is 1. The van der Waals surface area contributed by atoms with Gasteiger partial charge < -0.3 is 10.8 Å². The van der Waals surface area contributed by atoms with Crippen LogP contribution in [0.4, 0.5) is 5.82 Å². The van der Waals surface area contributed by atoms with E-state index in [-0.39, 0.29) is 17.1 Å². The SMILES string of the molecule is N#Cc1ccc2ccnc(N)c2c1O. The van der Waals surface area contributed by atoms with Gasteiger partial charge in [-0.1, -0.05) is 6.07 Å². The van der Waals surface area contributed by atoms with Gasteiger partial charge in [-0.3, -0.25) is 0 Å². The second kappa shape index (κ2) is 2.89. The molecule has 0 atom stereocenters. The summed E-state index contributed by atoms with van der Waals surface area (Å²) < 4.78 is 0. The van der Waals surface area contributed by atoms with Crippen LogP contribution in [0.2, 0.25) is 0 Å². The summed E-state index contributed by atoms with van der Waals surface area (Å²) in [6.45, 7) is 0. The summed E-state index contributed by atoms with van der Waals surface area (Å²) in [5, 5.41) is 19.6. The molecule has 0 aliphatic rings.